The van der Waals surface area contributed by atoms with E-state index in [9.17, 15) is 33.6 Å². The Balaban J connectivity index is 1.52. The second-order valence-corrected chi connectivity index (χ2v) is 18.1. The molecule has 13 nitrogen and oxygen atoms in total. The van der Waals surface area contributed by atoms with Gasteiger partial charge in [-0.1, -0.05) is 82.1 Å². The van der Waals surface area contributed by atoms with Gasteiger partial charge in [0.15, 0.2) is 0 Å². The van der Waals surface area contributed by atoms with E-state index in [-0.39, 0.29) is 54.4 Å². The molecule has 7 amide bonds. The number of imide groups is 1. The van der Waals surface area contributed by atoms with Crippen LogP contribution in [0.2, 0.25) is 0 Å². The van der Waals surface area contributed by atoms with Crippen LogP contribution in [0.4, 0.5) is 4.79 Å². The number of Topliss-reactive ketones (excluding diaryl/α,β-unsaturated/α-hetero) is 1. The molecule has 2 aliphatic heterocycles. The summed E-state index contributed by atoms with van der Waals surface area (Å²) >= 11 is 0. The van der Waals surface area contributed by atoms with Crippen molar-refractivity contribution in [2.75, 3.05) is 13.1 Å². The van der Waals surface area contributed by atoms with Crippen molar-refractivity contribution < 1.29 is 33.6 Å². The molecule has 2 aliphatic carbocycles. The fraction of sp³-hybridized carbons (Fsp3) is 0.800. The molecule has 2 saturated carbocycles. The molecule has 0 aromatic heterocycles. The van der Waals surface area contributed by atoms with Gasteiger partial charge in [-0.25, -0.2) is 4.79 Å². The van der Waals surface area contributed by atoms with Crippen LogP contribution in [0.15, 0.2) is 0 Å². The van der Waals surface area contributed by atoms with E-state index in [0.29, 0.717) is 13.0 Å². The van der Waals surface area contributed by atoms with Crippen molar-refractivity contribution in [2.45, 2.75) is 126 Å². The second kappa shape index (κ2) is 12.7. The van der Waals surface area contributed by atoms with Crippen molar-refractivity contribution in [1.29, 1.82) is 0 Å². The Hall–Kier alpha value is -3.51. The fourth-order valence-electron chi connectivity index (χ4n) is 7.44. The van der Waals surface area contributed by atoms with Crippen molar-refractivity contribution in [3.05, 3.63) is 0 Å². The number of likely N-dealkylation sites (tertiary alicyclic amines) is 2. The van der Waals surface area contributed by atoms with Crippen LogP contribution in [0.1, 0.15) is 101 Å². The van der Waals surface area contributed by atoms with E-state index in [4.69, 9.17) is 5.73 Å². The highest BCUT2D eigenvalue weighted by atomic mass is 16.2. The molecule has 6 atom stereocenters. The molecular formula is C35H56N6O7. The predicted octanol–water partition coefficient (Wildman–Crippen LogP) is 2.11. The van der Waals surface area contributed by atoms with Crippen molar-refractivity contribution >= 4 is 41.4 Å². The number of fused-ring (bicyclic) bond motifs is 1. The third-order valence-electron chi connectivity index (χ3n) is 10.9. The van der Waals surface area contributed by atoms with Crippen LogP contribution in [-0.4, -0.2) is 88.4 Å². The quantitative estimate of drug-likeness (QED) is 0.191. The minimum Gasteiger partial charge on any atom is -0.363 e. The smallest absolute Gasteiger partial charge is 0.315 e. The molecular weight excluding hydrogens is 616 g/mol. The molecule has 0 aromatic carbocycles. The highest BCUT2D eigenvalue weighted by Crippen LogP contribution is 2.65. The molecule has 4 fully saturated rings. The van der Waals surface area contributed by atoms with Crippen molar-refractivity contribution in [1.82, 2.24) is 25.8 Å². The highest BCUT2D eigenvalue weighted by Gasteiger charge is 2.70. The molecule has 48 heavy (non-hydrogen) atoms. The Morgan fingerprint density at radius 3 is 1.92 bits per heavy atom. The van der Waals surface area contributed by atoms with Gasteiger partial charge < -0.3 is 26.6 Å². The number of piperidine rings is 2. The molecule has 0 bridgehead atoms. The van der Waals surface area contributed by atoms with Gasteiger partial charge in [0.1, 0.15) is 12.1 Å². The summed E-state index contributed by atoms with van der Waals surface area (Å²) < 4.78 is 0. The maximum atomic E-state index is 14.3. The van der Waals surface area contributed by atoms with E-state index in [1.807, 2.05) is 69.2 Å². The van der Waals surface area contributed by atoms with Crippen LogP contribution in [0.3, 0.4) is 0 Å². The zero-order valence-corrected chi connectivity index (χ0v) is 30.3. The summed E-state index contributed by atoms with van der Waals surface area (Å²) in [6, 6.07) is -4.24. The average molecular weight is 673 g/mol. The molecule has 268 valence electrons. The topological polar surface area (TPSA) is 188 Å². The van der Waals surface area contributed by atoms with Crippen molar-refractivity contribution in [3.8, 4) is 0 Å². The molecule has 2 heterocycles. The number of carbonyl (C=O) groups excluding carboxylic acids is 7. The van der Waals surface area contributed by atoms with Crippen molar-refractivity contribution in [2.24, 2.45) is 45.1 Å². The molecule has 0 radical (unpaired) electrons. The van der Waals surface area contributed by atoms with E-state index in [1.54, 1.807) is 0 Å². The third kappa shape index (κ3) is 8.02. The number of ketones is 1. The molecule has 13 heteroatoms. The molecule has 5 N–H and O–H groups in total. The summed E-state index contributed by atoms with van der Waals surface area (Å²) in [5.74, 6) is -3.35. The first-order chi connectivity index (χ1) is 21.8. The Kier molecular flexibility index (Phi) is 9.91. The van der Waals surface area contributed by atoms with E-state index in [1.165, 1.54) is 9.80 Å². The molecule has 4 rings (SSSR count). The van der Waals surface area contributed by atoms with Crippen LogP contribution in [0.5, 0.6) is 0 Å². The van der Waals surface area contributed by atoms with Gasteiger partial charge >= 0.3 is 6.03 Å². The predicted molar refractivity (Wildman–Crippen MR) is 178 cm³/mol. The number of rotatable bonds is 11. The third-order valence-corrected chi connectivity index (χ3v) is 10.9. The van der Waals surface area contributed by atoms with Gasteiger partial charge in [0, 0.05) is 25.9 Å². The Labute approximate surface area is 284 Å². The summed E-state index contributed by atoms with van der Waals surface area (Å²) in [6.45, 7) is 19.3. The van der Waals surface area contributed by atoms with E-state index in [2.05, 4.69) is 16.0 Å². The normalized spacial score (nSPS) is 26.6. The zero-order valence-electron chi connectivity index (χ0n) is 30.3. The lowest BCUT2D eigenvalue weighted by Gasteiger charge is -2.40. The van der Waals surface area contributed by atoms with Gasteiger partial charge in [0.2, 0.25) is 29.4 Å². The van der Waals surface area contributed by atoms with Crippen LogP contribution >= 0.6 is 0 Å². The maximum absolute atomic E-state index is 14.3. The summed E-state index contributed by atoms with van der Waals surface area (Å²) in [5.41, 5.74) is 3.35. The number of hydrogen-bond donors (Lipinski definition) is 4. The lowest BCUT2D eigenvalue weighted by atomic mass is 9.80. The van der Waals surface area contributed by atoms with Gasteiger partial charge in [0.25, 0.3) is 5.91 Å². The largest absolute Gasteiger partial charge is 0.363 e. The van der Waals surface area contributed by atoms with Gasteiger partial charge in [-0.15, -0.1) is 0 Å². The molecule has 2 saturated heterocycles. The first kappa shape index (κ1) is 37.3. The standard InChI is InChI=1S/C35H56N6O7/c1-32(2,3)21(17-40-22(42)14-34(7,8)15-23(40)43)38-31(48)39-27(33(4,5)6)30(47)41-16-19-24(35(19,9)10)25(41)29(46)37-20(13-18-11-12-18)26(44)28(36)45/h18-21,24-25,27H,11-17H2,1-10H3,(H2,36,45)(H,37,46)(H2,38,39,48)/t19-,20?,21+,24-,25-,27+/m0/s1. The molecule has 0 aromatic rings. The zero-order chi connectivity index (χ0) is 36.3. The number of nitrogens with two attached hydrogens (primary N) is 1. The molecule has 4 aliphatic rings. The number of nitrogens with zero attached hydrogens (tertiary/aromatic N) is 2. The number of hydrogen-bond acceptors (Lipinski definition) is 7. The number of carbonyl (C=O) groups is 7. The van der Waals surface area contributed by atoms with Crippen LogP contribution in [0.25, 0.3) is 0 Å². The molecule has 0 spiro atoms. The van der Waals surface area contributed by atoms with Gasteiger partial charge in [-0.3, -0.25) is 33.7 Å². The summed E-state index contributed by atoms with van der Waals surface area (Å²) in [7, 11) is 0. The Morgan fingerprint density at radius 1 is 0.875 bits per heavy atom. The first-order valence-electron chi connectivity index (χ1n) is 17.2. The van der Waals surface area contributed by atoms with Gasteiger partial charge in [-0.2, -0.15) is 0 Å². The van der Waals surface area contributed by atoms with Gasteiger partial charge in [0.05, 0.1) is 12.1 Å². The van der Waals surface area contributed by atoms with Crippen LogP contribution in [-0.2, 0) is 28.8 Å². The van der Waals surface area contributed by atoms with Crippen LogP contribution in [0, 0.1) is 39.4 Å². The molecule has 1 unspecified atom stereocenters. The summed E-state index contributed by atoms with van der Waals surface area (Å²) in [5, 5.41) is 8.54. The monoisotopic (exact) mass is 672 g/mol. The summed E-state index contributed by atoms with van der Waals surface area (Å²) in [4.78, 5) is 94.8. The second-order valence-electron chi connectivity index (χ2n) is 18.1. The van der Waals surface area contributed by atoms with E-state index < -0.39 is 69.9 Å². The maximum Gasteiger partial charge on any atom is 0.315 e. The van der Waals surface area contributed by atoms with Gasteiger partial charge in [-0.05, 0) is 45.8 Å². The lowest BCUT2D eigenvalue weighted by Crippen LogP contribution is -2.63. The number of nitrogens with one attached hydrogen (secondary N) is 3. The van der Waals surface area contributed by atoms with Crippen LogP contribution < -0.4 is 21.7 Å². The Bertz CT molecular complexity index is 1350. The van der Waals surface area contributed by atoms with E-state index >= 15 is 0 Å². The first-order valence-corrected chi connectivity index (χ1v) is 17.2. The minimum atomic E-state index is -1.11. The SMILES string of the molecule is CC1(C)CC(=O)N(C[C@@H](NC(=O)N[C@H](C(=O)N2C[C@H]3[C@@H]([C@H]2C(=O)NC(CC2CC2)C(=O)C(N)=O)C3(C)C)C(C)(C)C)C(C)(C)C)C(=O)C1. The average Bonchev–Trinajstić information content (AvgIpc) is 3.77. The lowest BCUT2D eigenvalue weighted by molar-refractivity contribution is -0.153. The Morgan fingerprint density at radius 2 is 1.44 bits per heavy atom. The summed E-state index contributed by atoms with van der Waals surface area (Å²) in [6.07, 6.45) is 2.58. The number of urea groups is 1. The minimum absolute atomic E-state index is 0.00232. The number of primary amides is 1. The van der Waals surface area contributed by atoms with Crippen molar-refractivity contribution in [3.63, 3.8) is 0 Å². The van der Waals surface area contributed by atoms with E-state index in [0.717, 1.165) is 12.8 Å². The fourth-order valence-corrected chi connectivity index (χ4v) is 7.44. The highest BCUT2D eigenvalue weighted by molar-refractivity contribution is 6.37. The number of amides is 7.